The fraction of sp³-hybridized carbons (Fsp3) is 0.440. The summed E-state index contributed by atoms with van der Waals surface area (Å²) in [6.45, 7) is 2.52. The van der Waals surface area contributed by atoms with Crippen LogP contribution in [0.4, 0.5) is 4.39 Å². The predicted octanol–water partition coefficient (Wildman–Crippen LogP) is 4.77. The van der Waals surface area contributed by atoms with E-state index in [2.05, 4.69) is 0 Å². The van der Waals surface area contributed by atoms with Gasteiger partial charge in [-0.2, -0.15) is 0 Å². The van der Waals surface area contributed by atoms with Crippen molar-refractivity contribution in [2.24, 2.45) is 0 Å². The maximum absolute atomic E-state index is 13.7. The van der Waals surface area contributed by atoms with E-state index in [1.54, 1.807) is 21.9 Å². The number of carbonyl (C=O) groups is 2. The van der Waals surface area contributed by atoms with Crippen molar-refractivity contribution in [1.29, 1.82) is 0 Å². The molecule has 1 atom stereocenters. The number of halogens is 1. The van der Waals surface area contributed by atoms with Gasteiger partial charge in [0.1, 0.15) is 18.4 Å². The van der Waals surface area contributed by atoms with Crippen molar-refractivity contribution < 1.29 is 14.0 Å². The minimum atomic E-state index is -0.712. The van der Waals surface area contributed by atoms with Crippen molar-refractivity contribution in [3.8, 4) is 0 Å². The van der Waals surface area contributed by atoms with Gasteiger partial charge in [0, 0.05) is 12.6 Å². The van der Waals surface area contributed by atoms with Crippen LogP contribution < -0.4 is 0 Å². The Morgan fingerprint density at radius 1 is 0.900 bits per heavy atom. The van der Waals surface area contributed by atoms with Gasteiger partial charge in [-0.1, -0.05) is 67.6 Å². The average molecular weight is 409 g/mol. The van der Waals surface area contributed by atoms with Crippen LogP contribution in [0.2, 0.25) is 0 Å². The van der Waals surface area contributed by atoms with Crippen LogP contribution in [0, 0.1) is 12.7 Å². The second kappa shape index (κ2) is 8.99. The molecule has 2 aromatic carbocycles. The Morgan fingerprint density at radius 3 is 2.17 bits per heavy atom. The SMILES string of the molecule is Cc1ccc(CN2C(=O)CN(C3CCCCCC3)C(=O)C2c2ccc(F)cc2)cc1. The number of carbonyl (C=O) groups excluding carboxylic acids is 2. The molecule has 0 bridgehead atoms. The second-order valence-electron chi connectivity index (χ2n) is 8.57. The van der Waals surface area contributed by atoms with Gasteiger partial charge in [-0.05, 0) is 43.0 Å². The van der Waals surface area contributed by atoms with Gasteiger partial charge >= 0.3 is 0 Å². The molecule has 2 aliphatic rings. The van der Waals surface area contributed by atoms with Crippen molar-refractivity contribution in [3.05, 3.63) is 71.0 Å². The summed E-state index contributed by atoms with van der Waals surface area (Å²) in [5.74, 6) is -0.437. The maximum atomic E-state index is 13.7. The summed E-state index contributed by atoms with van der Waals surface area (Å²) in [6.07, 6.45) is 6.47. The molecule has 1 saturated heterocycles. The standard InChI is InChI=1S/C25H29FN2O2/c1-18-8-10-19(11-9-18)16-28-23(29)17-27(22-6-4-2-3-5-7-22)25(30)24(28)20-12-14-21(26)15-13-20/h8-15,22,24H,2-7,16-17H2,1H3. The van der Waals surface area contributed by atoms with E-state index in [9.17, 15) is 14.0 Å². The Labute approximate surface area is 177 Å². The largest absolute Gasteiger partial charge is 0.328 e. The van der Waals surface area contributed by atoms with Gasteiger partial charge in [-0.3, -0.25) is 9.59 Å². The van der Waals surface area contributed by atoms with Gasteiger partial charge in [0.05, 0.1) is 0 Å². The molecule has 158 valence electrons. The van der Waals surface area contributed by atoms with E-state index >= 15 is 0 Å². The first-order valence-corrected chi connectivity index (χ1v) is 10.9. The molecule has 1 unspecified atom stereocenters. The summed E-state index contributed by atoms with van der Waals surface area (Å²) in [6, 6.07) is 13.4. The molecular weight excluding hydrogens is 379 g/mol. The molecule has 5 heteroatoms. The van der Waals surface area contributed by atoms with Crippen LogP contribution in [0.5, 0.6) is 0 Å². The number of piperazine rings is 1. The van der Waals surface area contributed by atoms with Crippen LogP contribution in [0.25, 0.3) is 0 Å². The van der Waals surface area contributed by atoms with E-state index in [-0.39, 0.29) is 30.2 Å². The van der Waals surface area contributed by atoms with E-state index in [0.717, 1.165) is 36.8 Å². The molecule has 2 fully saturated rings. The highest BCUT2D eigenvalue weighted by Gasteiger charge is 2.42. The summed E-state index contributed by atoms with van der Waals surface area (Å²) in [4.78, 5) is 30.4. The summed E-state index contributed by atoms with van der Waals surface area (Å²) in [5.41, 5.74) is 2.80. The molecule has 0 aromatic heterocycles. The van der Waals surface area contributed by atoms with Crippen LogP contribution in [0.15, 0.2) is 48.5 Å². The first kappa shape index (κ1) is 20.6. The smallest absolute Gasteiger partial charge is 0.250 e. The Hall–Kier alpha value is -2.69. The summed E-state index contributed by atoms with van der Waals surface area (Å²) in [7, 11) is 0. The molecule has 1 heterocycles. The third-order valence-electron chi connectivity index (χ3n) is 6.38. The normalized spacial score (nSPS) is 21.1. The van der Waals surface area contributed by atoms with E-state index in [4.69, 9.17) is 0 Å². The number of aryl methyl sites for hydroxylation is 1. The lowest BCUT2D eigenvalue weighted by Crippen LogP contribution is -2.57. The highest BCUT2D eigenvalue weighted by atomic mass is 19.1. The molecule has 1 aliphatic carbocycles. The van der Waals surface area contributed by atoms with Crippen molar-refractivity contribution in [2.45, 2.75) is 64.1 Å². The van der Waals surface area contributed by atoms with Crippen LogP contribution in [-0.4, -0.2) is 34.2 Å². The van der Waals surface area contributed by atoms with Gasteiger partial charge in [0.25, 0.3) is 5.91 Å². The number of amides is 2. The average Bonchev–Trinajstić information content (AvgIpc) is 3.02. The Morgan fingerprint density at radius 2 is 1.53 bits per heavy atom. The lowest BCUT2D eigenvalue weighted by Gasteiger charge is -2.43. The Kier molecular flexibility index (Phi) is 6.16. The topological polar surface area (TPSA) is 40.6 Å². The number of hydrogen-bond acceptors (Lipinski definition) is 2. The monoisotopic (exact) mass is 408 g/mol. The lowest BCUT2D eigenvalue weighted by molar-refractivity contribution is -0.159. The van der Waals surface area contributed by atoms with Gasteiger partial charge in [0.2, 0.25) is 5.91 Å². The molecule has 4 nitrogen and oxygen atoms in total. The highest BCUT2D eigenvalue weighted by Crippen LogP contribution is 2.33. The Bertz CT molecular complexity index is 886. The molecule has 0 radical (unpaired) electrons. The zero-order chi connectivity index (χ0) is 21.1. The summed E-state index contributed by atoms with van der Waals surface area (Å²) < 4.78 is 13.5. The van der Waals surface area contributed by atoms with Crippen LogP contribution in [-0.2, 0) is 16.1 Å². The van der Waals surface area contributed by atoms with E-state index < -0.39 is 6.04 Å². The first-order chi connectivity index (χ1) is 14.5. The van der Waals surface area contributed by atoms with E-state index in [1.807, 2.05) is 31.2 Å². The van der Waals surface area contributed by atoms with E-state index in [0.29, 0.717) is 12.1 Å². The van der Waals surface area contributed by atoms with Crippen molar-refractivity contribution in [3.63, 3.8) is 0 Å². The summed E-state index contributed by atoms with van der Waals surface area (Å²) in [5, 5.41) is 0. The minimum absolute atomic E-state index is 0.0415. The molecule has 1 aliphatic heterocycles. The molecule has 0 N–H and O–H groups in total. The fourth-order valence-corrected chi connectivity index (χ4v) is 4.66. The summed E-state index contributed by atoms with van der Waals surface area (Å²) >= 11 is 0. The number of nitrogens with zero attached hydrogens (tertiary/aromatic N) is 2. The lowest BCUT2D eigenvalue weighted by atomic mass is 9.97. The fourth-order valence-electron chi connectivity index (χ4n) is 4.66. The highest BCUT2D eigenvalue weighted by molar-refractivity contribution is 5.95. The van der Waals surface area contributed by atoms with Crippen LogP contribution in [0.1, 0.15) is 61.3 Å². The predicted molar refractivity (Wildman–Crippen MR) is 114 cm³/mol. The number of hydrogen-bond donors (Lipinski definition) is 0. The van der Waals surface area contributed by atoms with E-state index in [1.165, 1.54) is 25.0 Å². The maximum Gasteiger partial charge on any atom is 0.250 e. The molecule has 30 heavy (non-hydrogen) atoms. The van der Waals surface area contributed by atoms with Gasteiger partial charge in [-0.15, -0.1) is 0 Å². The zero-order valence-electron chi connectivity index (χ0n) is 17.5. The molecule has 4 rings (SSSR count). The molecular formula is C25H29FN2O2. The van der Waals surface area contributed by atoms with Crippen LogP contribution >= 0.6 is 0 Å². The van der Waals surface area contributed by atoms with Crippen LogP contribution in [0.3, 0.4) is 0 Å². The Balaban J connectivity index is 1.66. The number of rotatable bonds is 4. The molecule has 0 spiro atoms. The quantitative estimate of drug-likeness (QED) is 0.684. The third kappa shape index (κ3) is 4.40. The minimum Gasteiger partial charge on any atom is -0.328 e. The van der Waals surface area contributed by atoms with Gasteiger partial charge in [-0.25, -0.2) is 4.39 Å². The van der Waals surface area contributed by atoms with Crippen molar-refractivity contribution in [2.75, 3.05) is 6.54 Å². The van der Waals surface area contributed by atoms with Crippen molar-refractivity contribution in [1.82, 2.24) is 9.80 Å². The van der Waals surface area contributed by atoms with Crippen molar-refractivity contribution >= 4 is 11.8 Å². The van der Waals surface area contributed by atoms with Gasteiger partial charge in [0.15, 0.2) is 0 Å². The third-order valence-corrected chi connectivity index (χ3v) is 6.38. The van der Waals surface area contributed by atoms with Gasteiger partial charge < -0.3 is 9.80 Å². The first-order valence-electron chi connectivity index (χ1n) is 10.9. The number of benzene rings is 2. The zero-order valence-corrected chi connectivity index (χ0v) is 17.5. The molecule has 2 aromatic rings. The second-order valence-corrected chi connectivity index (χ2v) is 8.57. The molecule has 2 amide bonds. The molecule has 1 saturated carbocycles.